The molecule has 0 fully saturated rings. The maximum absolute atomic E-state index is 12.4. The van der Waals surface area contributed by atoms with E-state index in [9.17, 15) is 19.8 Å². The predicted molar refractivity (Wildman–Crippen MR) is 273 cm³/mol. The number of hydrogen-bond acceptors (Lipinski definition) is 5. The highest BCUT2D eigenvalue weighted by atomic mass is 16.5. The smallest absolute Gasteiger partial charge is 0.305 e. The van der Waals surface area contributed by atoms with Crippen molar-refractivity contribution < 1.29 is 24.5 Å². The Morgan fingerprint density at radius 2 is 0.810 bits per heavy atom. The fourth-order valence-corrected chi connectivity index (χ4v) is 8.06. The Kier molecular flexibility index (Phi) is 50.6. The van der Waals surface area contributed by atoms with Gasteiger partial charge in [-0.2, -0.15) is 0 Å². The van der Waals surface area contributed by atoms with Crippen molar-refractivity contribution in [2.45, 2.75) is 289 Å². The normalized spacial score (nSPS) is 13.0. The van der Waals surface area contributed by atoms with Crippen molar-refractivity contribution >= 4 is 11.9 Å². The van der Waals surface area contributed by atoms with Crippen LogP contribution in [0.2, 0.25) is 0 Å². The lowest BCUT2D eigenvalue weighted by Gasteiger charge is -2.19. The van der Waals surface area contributed by atoms with Crippen LogP contribution >= 0.6 is 0 Å². The Labute approximate surface area is 391 Å². The summed E-state index contributed by atoms with van der Waals surface area (Å²) >= 11 is 0. The van der Waals surface area contributed by atoms with E-state index in [4.69, 9.17) is 4.74 Å². The van der Waals surface area contributed by atoms with Crippen LogP contribution < -0.4 is 5.32 Å². The molecule has 63 heavy (non-hydrogen) atoms. The van der Waals surface area contributed by atoms with Gasteiger partial charge in [-0.25, -0.2) is 0 Å². The third-order valence-corrected chi connectivity index (χ3v) is 12.3. The van der Waals surface area contributed by atoms with Crippen molar-refractivity contribution in [1.82, 2.24) is 5.32 Å². The van der Waals surface area contributed by atoms with Crippen LogP contribution in [-0.2, 0) is 14.3 Å². The van der Waals surface area contributed by atoms with Crippen LogP contribution in [0.15, 0.2) is 48.6 Å². The molecule has 0 aromatic heterocycles. The summed E-state index contributed by atoms with van der Waals surface area (Å²) in [5.74, 6) is -0.127. The molecule has 0 aliphatic rings. The maximum Gasteiger partial charge on any atom is 0.305 e. The minimum atomic E-state index is -0.863. The van der Waals surface area contributed by atoms with Crippen molar-refractivity contribution in [3.63, 3.8) is 0 Å². The molecule has 0 radical (unpaired) electrons. The molecule has 1 amide bonds. The minimum Gasteiger partial charge on any atom is -0.466 e. The highest BCUT2D eigenvalue weighted by molar-refractivity contribution is 5.76. The number of esters is 1. The fourth-order valence-electron chi connectivity index (χ4n) is 8.06. The number of carbonyl (C=O) groups excluding carboxylic acids is 2. The van der Waals surface area contributed by atoms with E-state index in [1.54, 1.807) is 6.08 Å². The van der Waals surface area contributed by atoms with Crippen LogP contribution in [0.5, 0.6) is 0 Å². The zero-order chi connectivity index (χ0) is 45.8. The second-order valence-corrected chi connectivity index (χ2v) is 18.5. The molecule has 0 spiro atoms. The summed E-state index contributed by atoms with van der Waals surface area (Å²) in [6, 6.07) is -0.650. The number of amides is 1. The molecule has 0 aromatic rings. The number of aliphatic hydroxyl groups excluding tert-OH is 2. The average molecular weight is 884 g/mol. The molecule has 0 saturated carbocycles. The first kappa shape index (κ1) is 60.8. The van der Waals surface area contributed by atoms with Crippen molar-refractivity contribution in [1.29, 1.82) is 0 Å². The van der Waals surface area contributed by atoms with Crippen LogP contribution in [0, 0.1) is 0 Å². The van der Waals surface area contributed by atoms with E-state index in [2.05, 4.69) is 55.6 Å². The Morgan fingerprint density at radius 3 is 1.29 bits per heavy atom. The summed E-state index contributed by atoms with van der Waals surface area (Å²) in [6.45, 7) is 4.81. The molecule has 368 valence electrons. The van der Waals surface area contributed by atoms with Gasteiger partial charge < -0.3 is 20.3 Å². The molecule has 6 nitrogen and oxygen atoms in total. The SMILES string of the molecule is CCCC/C=C\C/C=C\CCCCCCCC(=O)OCCCCCCCC/C=C\CCCCCC(=O)NC(CO)C(O)/C=C/CCCCCCCCCCCCCCCCCCC. The van der Waals surface area contributed by atoms with Gasteiger partial charge in [-0.1, -0.05) is 229 Å². The summed E-state index contributed by atoms with van der Waals surface area (Å²) < 4.78 is 5.45. The molecule has 3 N–H and O–H groups in total. The van der Waals surface area contributed by atoms with Gasteiger partial charge in [0, 0.05) is 12.8 Å². The van der Waals surface area contributed by atoms with Gasteiger partial charge in [0.1, 0.15) is 0 Å². The van der Waals surface area contributed by atoms with Crippen LogP contribution in [0.4, 0.5) is 0 Å². The van der Waals surface area contributed by atoms with Crippen LogP contribution in [0.25, 0.3) is 0 Å². The van der Waals surface area contributed by atoms with Crippen LogP contribution in [0.1, 0.15) is 277 Å². The number of nitrogens with one attached hydrogen (secondary N) is 1. The summed E-state index contributed by atoms with van der Waals surface area (Å²) in [6.07, 6.45) is 65.4. The second kappa shape index (κ2) is 52.4. The Morgan fingerprint density at radius 1 is 0.444 bits per heavy atom. The Bertz CT molecular complexity index is 1070. The first-order valence-electron chi connectivity index (χ1n) is 27.4. The number of ether oxygens (including phenoxy) is 1. The number of allylic oxidation sites excluding steroid dienone is 7. The van der Waals surface area contributed by atoms with Crippen molar-refractivity contribution in [3.05, 3.63) is 48.6 Å². The highest BCUT2D eigenvalue weighted by Gasteiger charge is 2.18. The molecule has 0 saturated heterocycles. The maximum atomic E-state index is 12.4. The van der Waals surface area contributed by atoms with Crippen molar-refractivity contribution in [2.24, 2.45) is 0 Å². The van der Waals surface area contributed by atoms with Crippen molar-refractivity contribution in [3.8, 4) is 0 Å². The molecule has 2 atom stereocenters. The van der Waals surface area contributed by atoms with E-state index in [0.717, 1.165) is 83.5 Å². The van der Waals surface area contributed by atoms with Gasteiger partial charge >= 0.3 is 5.97 Å². The summed E-state index contributed by atoms with van der Waals surface area (Å²) in [5, 5.41) is 23.1. The Balaban J connectivity index is 3.55. The molecule has 2 unspecified atom stereocenters. The molecular weight excluding hydrogens is 779 g/mol. The van der Waals surface area contributed by atoms with Gasteiger partial charge in [-0.3, -0.25) is 9.59 Å². The fraction of sp³-hybridized carbons (Fsp3) is 0.825. The number of hydrogen-bond donors (Lipinski definition) is 3. The first-order valence-corrected chi connectivity index (χ1v) is 27.4. The van der Waals surface area contributed by atoms with Gasteiger partial charge in [-0.05, 0) is 83.5 Å². The van der Waals surface area contributed by atoms with E-state index < -0.39 is 12.1 Å². The second-order valence-electron chi connectivity index (χ2n) is 18.5. The summed E-state index contributed by atoms with van der Waals surface area (Å²) in [4.78, 5) is 24.5. The standard InChI is InChI=1S/C57H105NO5/c1-3-5-7-9-11-13-15-17-19-20-21-22-23-25-29-33-37-41-45-49-55(60)54(53-59)58-56(61)50-46-42-38-34-30-26-24-28-32-36-40-44-48-52-63-57(62)51-47-43-39-35-31-27-18-16-14-12-10-8-6-4-2/h10,12,16,18,26,30,45,49,54-55,59-60H,3-9,11,13-15,17,19-25,27-29,31-44,46-48,50-53H2,1-2H3,(H,58,61)/b12-10-,18-16-,30-26-,49-45+. The average Bonchev–Trinajstić information content (AvgIpc) is 3.28. The molecule has 0 aliphatic carbocycles. The molecule has 0 aliphatic heterocycles. The van der Waals surface area contributed by atoms with E-state index in [1.165, 1.54) is 167 Å². The predicted octanol–water partition coefficient (Wildman–Crippen LogP) is 16.6. The zero-order valence-corrected chi connectivity index (χ0v) is 41.8. The van der Waals surface area contributed by atoms with E-state index in [-0.39, 0.29) is 18.5 Å². The lowest BCUT2D eigenvalue weighted by Crippen LogP contribution is -2.45. The van der Waals surface area contributed by atoms with Crippen molar-refractivity contribution in [2.75, 3.05) is 13.2 Å². The quantitative estimate of drug-likeness (QED) is 0.0321. The minimum absolute atomic E-state index is 0.0291. The topological polar surface area (TPSA) is 95.9 Å². The third kappa shape index (κ3) is 49.1. The van der Waals surface area contributed by atoms with Gasteiger partial charge in [-0.15, -0.1) is 0 Å². The molecule has 0 rings (SSSR count). The molecule has 0 aromatic carbocycles. The van der Waals surface area contributed by atoms with E-state index in [0.29, 0.717) is 19.4 Å². The third-order valence-electron chi connectivity index (χ3n) is 12.3. The number of carbonyl (C=O) groups is 2. The first-order chi connectivity index (χ1) is 31.0. The Hall–Kier alpha value is -2.18. The van der Waals surface area contributed by atoms with Crippen LogP contribution in [-0.4, -0.2) is 47.4 Å². The molecule has 0 bridgehead atoms. The van der Waals surface area contributed by atoms with E-state index in [1.807, 2.05) is 6.08 Å². The number of aliphatic hydroxyl groups is 2. The van der Waals surface area contributed by atoms with Crippen LogP contribution in [0.3, 0.4) is 0 Å². The lowest BCUT2D eigenvalue weighted by atomic mass is 10.0. The van der Waals surface area contributed by atoms with Gasteiger partial charge in [0.05, 0.1) is 25.4 Å². The largest absolute Gasteiger partial charge is 0.466 e. The lowest BCUT2D eigenvalue weighted by molar-refractivity contribution is -0.143. The van der Waals surface area contributed by atoms with E-state index >= 15 is 0 Å². The summed E-state index contributed by atoms with van der Waals surface area (Å²) in [7, 11) is 0. The molecule has 6 heteroatoms. The van der Waals surface area contributed by atoms with Gasteiger partial charge in [0.25, 0.3) is 0 Å². The monoisotopic (exact) mass is 884 g/mol. The highest BCUT2D eigenvalue weighted by Crippen LogP contribution is 2.16. The molecular formula is C57H105NO5. The summed E-state index contributed by atoms with van der Waals surface area (Å²) in [5.41, 5.74) is 0. The number of rotatable bonds is 50. The zero-order valence-electron chi connectivity index (χ0n) is 41.8. The molecule has 0 heterocycles. The van der Waals surface area contributed by atoms with Gasteiger partial charge in [0.15, 0.2) is 0 Å². The van der Waals surface area contributed by atoms with Gasteiger partial charge in [0.2, 0.25) is 5.91 Å². The number of unbranched alkanes of at least 4 members (excludes halogenated alkanes) is 33.